The molecule has 0 bridgehead atoms. The van der Waals surface area contributed by atoms with Crippen LogP contribution in [0.2, 0.25) is 0 Å². The van der Waals surface area contributed by atoms with E-state index in [1.807, 2.05) is 12.1 Å². The third kappa shape index (κ3) is 4.00. The fourth-order valence-corrected chi connectivity index (χ4v) is 2.78. The number of amides is 1. The number of rotatable bonds is 5. The Labute approximate surface area is 136 Å². The van der Waals surface area contributed by atoms with Crippen molar-refractivity contribution in [3.05, 3.63) is 48.2 Å². The third-order valence-electron chi connectivity index (χ3n) is 4.08. The SMILES string of the molecule is COc1ccc(C(=O)Nc2ccc(NC3CCCC3)nc2)cc1. The highest BCUT2D eigenvalue weighted by atomic mass is 16.5. The molecule has 0 unspecified atom stereocenters. The van der Waals surface area contributed by atoms with E-state index in [1.165, 1.54) is 25.7 Å². The molecule has 5 heteroatoms. The molecule has 1 aliphatic carbocycles. The van der Waals surface area contributed by atoms with Crippen LogP contribution in [-0.4, -0.2) is 24.0 Å². The van der Waals surface area contributed by atoms with Gasteiger partial charge in [-0.1, -0.05) is 12.8 Å². The molecule has 2 N–H and O–H groups in total. The number of carbonyl (C=O) groups is 1. The highest BCUT2D eigenvalue weighted by Gasteiger charge is 2.14. The average Bonchev–Trinajstić information content (AvgIpc) is 3.10. The normalized spacial score (nSPS) is 14.5. The van der Waals surface area contributed by atoms with E-state index in [4.69, 9.17) is 4.74 Å². The minimum atomic E-state index is -0.161. The first-order valence-electron chi connectivity index (χ1n) is 7.92. The molecular formula is C18H21N3O2. The van der Waals surface area contributed by atoms with Crippen LogP contribution in [0.5, 0.6) is 5.75 Å². The summed E-state index contributed by atoms with van der Waals surface area (Å²) in [5.41, 5.74) is 1.27. The molecule has 1 aromatic heterocycles. The highest BCUT2D eigenvalue weighted by molar-refractivity contribution is 6.04. The summed E-state index contributed by atoms with van der Waals surface area (Å²) >= 11 is 0. The van der Waals surface area contributed by atoms with Gasteiger partial charge >= 0.3 is 0 Å². The molecule has 1 aliphatic rings. The standard InChI is InChI=1S/C18H21N3O2/c1-23-16-9-6-13(7-10-16)18(22)21-15-8-11-17(19-12-15)20-14-4-2-3-5-14/h6-12,14H,2-5H2,1H3,(H,19,20)(H,21,22). The fourth-order valence-electron chi connectivity index (χ4n) is 2.78. The number of pyridine rings is 1. The van der Waals surface area contributed by atoms with E-state index >= 15 is 0 Å². The average molecular weight is 311 g/mol. The highest BCUT2D eigenvalue weighted by Crippen LogP contribution is 2.22. The smallest absolute Gasteiger partial charge is 0.255 e. The zero-order valence-electron chi connectivity index (χ0n) is 13.2. The quantitative estimate of drug-likeness (QED) is 0.884. The van der Waals surface area contributed by atoms with Gasteiger partial charge in [-0.2, -0.15) is 0 Å². The predicted octanol–water partition coefficient (Wildman–Crippen LogP) is 3.70. The lowest BCUT2D eigenvalue weighted by atomic mass is 10.2. The molecule has 1 heterocycles. The molecule has 3 rings (SSSR count). The van der Waals surface area contributed by atoms with Crippen molar-refractivity contribution < 1.29 is 9.53 Å². The van der Waals surface area contributed by atoms with Crippen LogP contribution >= 0.6 is 0 Å². The van der Waals surface area contributed by atoms with E-state index in [2.05, 4.69) is 15.6 Å². The lowest BCUT2D eigenvalue weighted by Crippen LogP contribution is -2.16. The van der Waals surface area contributed by atoms with Crippen LogP contribution in [0.15, 0.2) is 42.6 Å². The van der Waals surface area contributed by atoms with Crippen LogP contribution in [0.25, 0.3) is 0 Å². The summed E-state index contributed by atoms with van der Waals surface area (Å²) < 4.78 is 5.09. The number of nitrogens with zero attached hydrogens (tertiary/aromatic N) is 1. The topological polar surface area (TPSA) is 63.2 Å². The van der Waals surface area contributed by atoms with Gasteiger partial charge in [0, 0.05) is 11.6 Å². The van der Waals surface area contributed by atoms with Crippen molar-refractivity contribution >= 4 is 17.4 Å². The first-order valence-corrected chi connectivity index (χ1v) is 7.92. The Hall–Kier alpha value is -2.56. The van der Waals surface area contributed by atoms with Gasteiger partial charge in [0.05, 0.1) is 19.0 Å². The van der Waals surface area contributed by atoms with Gasteiger partial charge in [0.15, 0.2) is 0 Å². The summed E-state index contributed by atoms with van der Waals surface area (Å²) in [6.45, 7) is 0. The van der Waals surface area contributed by atoms with Crippen molar-refractivity contribution in [1.29, 1.82) is 0 Å². The number of aromatic nitrogens is 1. The molecule has 1 aromatic carbocycles. The van der Waals surface area contributed by atoms with E-state index in [9.17, 15) is 4.79 Å². The molecular weight excluding hydrogens is 290 g/mol. The van der Waals surface area contributed by atoms with Gasteiger partial charge in [-0.3, -0.25) is 4.79 Å². The minimum Gasteiger partial charge on any atom is -0.497 e. The summed E-state index contributed by atoms with van der Waals surface area (Å²) in [7, 11) is 1.60. The van der Waals surface area contributed by atoms with E-state index in [1.54, 1.807) is 37.6 Å². The Morgan fingerprint density at radius 1 is 1.13 bits per heavy atom. The molecule has 0 saturated heterocycles. The monoisotopic (exact) mass is 311 g/mol. The third-order valence-corrected chi connectivity index (χ3v) is 4.08. The van der Waals surface area contributed by atoms with E-state index in [0.717, 1.165) is 11.6 Å². The number of hydrogen-bond donors (Lipinski definition) is 2. The van der Waals surface area contributed by atoms with Crippen molar-refractivity contribution in [2.75, 3.05) is 17.7 Å². The lowest BCUT2D eigenvalue weighted by molar-refractivity contribution is 0.102. The van der Waals surface area contributed by atoms with E-state index < -0.39 is 0 Å². The first kappa shape index (κ1) is 15.3. The lowest BCUT2D eigenvalue weighted by Gasteiger charge is -2.13. The second kappa shape index (κ2) is 7.13. The van der Waals surface area contributed by atoms with Crippen LogP contribution in [0, 0.1) is 0 Å². The molecule has 5 nitrogen and oxygen atoms in total. The zero-order valence-corrected chi connectivity index (χ0v) is 13.2. The van der Waals surface area contributed by atoms with Gasteiger partial charge in [-0.25, -0.2) is 4.98 Å². The number of anilines is 2. The molecule has 0 radical (unpaired) electrons. The van der Waals surface area contributed by atoms with Gasteiger partial charge < -0.3 is 15.4 Å². The van der Waals surface area contributed by atoms with Crippen LogP contribution in [0.1, 0.15) is 36.0 Å². The van der Waals surface area contributed by atoms with Crippen molar-refractivity contribution in [2.45, 2.75) is 31.7 Å². The number of nitrogens with one attached hydrogen (secondary N) is 2. The van der Waals surface area contributed by atoms with Gasteiger partial charge in [0.25, 0.3) is 5.91 Å². The van der Waals surface area contributed by atoms with Crippen LogP contribution in [0.4, 0.5) is 11.5 Å². The fraction of sp³-hybridized carbons (Fsp3) is 0.333. The summed E-state index contributed by atoms with van der Waals surface area (Å²) in [5, 5.41) is 6.27. The van der Waals surface area contributed by atoms with Gasteiger partial charge in [0.2, 0.25) is 0 Å². The number of carbonyl (C=O) groups excluding carboxylic acids is 1. The molecule has 2 aromatic rings. The summed E-state index contributed by atoms with van der Waals surface area (Å²) in [6.07, 6.45) is 6.66. The molecule has 1 saturated carbocycles. The summed E-state index contributed by atoms with van der Waals surface area (Å²) in [6, 6.07) is 11.3. The maximum atomic E-state index is 12.2. The molecule has 0 aliphatic heterocycles. The zero-order chi connectivity index (χ0) is 16.1. The Morgan fingerprint density at radius 2 is 1.87 bits per heavy atom. The van der Waals surface area contributed by atoms with Crippen molar-refractivity contribution in [3.63, 3.8) is 0 Å². The maximum Gasteiger partial charge on any atom is 0.255 e. The largest absolute Gasteiger partial charge is 0.497 e. The molecule has 0 spiro atoms. The Balaban J connectivity index is 1.59. The van der Waals surface area contributed by atoms with Gasteiger partial charge in [-0.05, 0) is 49.2 Å². The molecule has 0 atom stereocenters. The second-order valence-electron chi connectivity index (χ2n) is 5.74. The maximum absolute atomic E-state index is 12.2. The van der Waals surface area contributed by atoms with Gasteiger partial charge in [0.1, 0.15) is 11.6 Å². The second-order valence-corrected chi connectivity index (χ2v) is 5.74. The van der Waals surface area contributed by atoms with E-state index in [0.29, 0.717) is 17.3 Å². The van der Waals surface area contributed by atoms with E-state index in [-0.39, 0.29) is 5.91 Å². The predicted molar refractivity (Wildman–Crippen MR) is 91.1 cm³/mol. The first-order chi connectivity index (χ1) is 11.2. The molecule has 1 amide bonds. The molecule has 1 fully saturated rings. The number of benzene rings is 1. The van der Waals surface area contributed by atoms with Crippen LogP contribution in [-0.2, 0) is 0 Å². The number of hydrogen-bond acceptors (Lipinski definition) is 4. The Morgan fingerprint density at radius 3 is 2.48 bits per heavy atom. The minimum absolute atomic E-state index is 0.161. The summed E-state index contributed by atoms with van der Waals surface area (Å²) in [4.78, 5) is 16.6. The molecule has 23 heavy (non-hydrogen) atoms. The van der Waals surface area contributed by atoms with Crippen molar-refractivity contribution in [3.8, 4) is 5.75 Å². The Bertz CT molecular complexity index is 647. The molecule has 120 valence electrons. The van der Waals surface area contributed by atoms with Crippen molar-refractivity contribution in [2.24, 2.45) is 0 Å². The van der Waals surface area contributed by atoms with Crippen molar-refractivity contribution in [1.82, 2.24) is 4.98 Å². The van der Waals surface area contributed by atoms with Crippen LogP contribution in [0.3, 0.4) is 0 Å². The van der Waals surface area contributed by atoms with Gasteiger partial charge in [-0.15, -0.1) is 0 Å². The van der Waals surface area contributed by atoms with Crippen LogP contribution < -0.4 is 15.4 Å². The number of ether oxygens (including phenoxy) is 1. The Kier molecular flexibility index (Phi) is 4.76. The summed E-state index contributed by atoms with van der Waals surface area (Å²) in [5.74, 6) is 1.43. The number of methoxy groups -OCH3 is 1.